The molecule has 0 aliphatic carbocycles. The fourth-order valence-electron chi connectivity index (χ4n) is 10.4. The minimum Gasteiger partial charge on any atom is -0.370 e. The Morgan fingerprint density at radius 1 is 0.350 bits per heavy atom. The minimum atomic E-state index is -0.132. The number of para-hydroxylation sites is 2. The normalized spacial score (nSPS) is 19.8. The van der Waals surface area contributed by atoms with Crippen molar-refractivity contribution in [3.8, 4) is 0 Å². The SMILES string of the molecule is CC(C)NC1=NC(C)NC(=NCCc2cc(Cl)c(Cl)cc2Cl)N1.CC(C)NC1=NC(C)NC(=NCc2ccccc2Cl)N1.CC1N=C(N)NC(=NCCc2cc(Cl)c(Cl)cc2Cl)N1.CC1N=C(N)NC(=NCc2ccccc2Cl)N1.CC1N=C(Nc2ccccc2Cl)NC(N(C)C)=N1.CC1N=C(Nc2ccccc2Cl)NC(NC(C)C)=N1. The highest BCUT2D eigenvalue weighted by Crippen LogP contribution is 2.31. The van der Waals surface area contributed by atoms with E-state index < -0.39 is 0 Å². The molecule has 6 aromatic carbocycles. The van der Waals surface area contributed by atoms with Gasteiger partial charge in [0.05, 0.1) is 54.6 Å². The molecule has 0 bridgehead atoms. The zero-order chi connectivity index (χ0) is 85.4. The van der Waals surface area contributed by atoms with E-state index in [1.54, 1.807) is 24.3 Å². The fourth-order valence-corrected chi connectivity index (χ4v) is 12.5. The van der Waals surface area contributed by atoms with Gasteiger partial charge >= 0.3 is 0 Å². The zero-order valence-electron chi connectivity index (χ0n) is 67.2. The van der Waals surface area contributed by atoms with E-state index >= 15 is 0 Å². The third kappa shape index (κ3) is 34.3. The molecule has 0 fully saturated rings. The maximum absolute atomic E-state index is 6.17. The van der Waals surface area contributed by atoms with Gasteiger partial charge in [0, 0.05) is 65.4 Å². The van der Waals surface area contributed by atoms with Gasteiger partial charge in [-0.25, -0.2) is 49.9 Å². The van der Waals surface area contributed by atoms with Crippen molar-refractivity contribution in [2.75, 3.05) is 37.8 Å². The van der Waals surface area contributed by atoms with Crippen LogP contribution in [-0.4, -0.2) is 159 Å². The summed E-state index contributed by atoms with van der Waals surface area (Å²) in [5, 5.41) is 52.5. The number of rotatable bonds is 15. The number of nitrogens with one attached hydrogen (secondary N) is 15. The molecular formula is C77H102Cl10N30. The molecule has 117 heavy (non-hydrogen) atoms. The van der Waals surface area contributed by atoms with Gasteiger partial charge in [-0.05, 0) is 179 Å². The summed E-state index contributed by atoms with van der Waals surface area (Å²) in [4.78, 5) is 54.2. The Kier molecular flexibility index (Phi) is 38.8. The number of aliphatic imine (C=N–C) groups is 12. The highest BCUT2D eigenvalue weighted by atomic mass is 35.5. The Labute approximate surface area is 734 Å². The van der Waals surface area contributed by atoms with Crippen LogP contribution in [0.3, 0.4) is 0 Å². The highest BCUT2D eigenvalue weighted by Gasteiger charge is 2.21. The van der Waals surface area contributed by atoms with Crippen LogP contribution in [0.5, 0.6) is 0 Å². The quantitative estimate of drug-likeness (QED) is 0.0425. The summed E-state index contributed by atoms with van der Waals surface area (Å²) in [5.74, 6) is 7.55. The second kappa shape index (κ2) is 47.9. The van der Waals surface area contributed by atoms with Crippen molar-refractivity contribution >= 4 is 199 Å². The van der Waals surface area contributed by atoms with Crippen LogP contribution in [0.4, 0.5) is 11.4 Å². The molecule has 0 amide bonds. The van der Waals surface area contributed by atoms with E-state index in [-0.39, 0.29) is 37.0 Å². The van der Waals surface area contributed by atoms with Gasteiger partial charge in [0.25, 0.3) is 0 Å². The van der Waals surface area contributed by atoms with Crippen molar-refractivity contribution in [1.29, 1.82) is 0 Å². The third-order valence-electron chi connectivity index (χ3n) is 15.5. The molecule has 0 spiro atoms. The molecule has 6 atom stereocenters. The number of benzene rings is 6. The maximum atomic E-state index is 6.17. The average molecular weight is 1800 g/mol. The smallest absolute Gasteiger partial charge is 0.204 e. The standard InChI is InChI=1S/C15H20Cl3N5.C14H20ClN5.C13H18ClN5.C12H14Cl3N5.C12H16ClN5.C11H14ClN5/c1-8(2)20-15-22-9(3)21-14(23-15)19-5-4-10-6-12(17)13(18)7-11(10)16;1-9(2)17-14-19-10(3)18-13(20-14)16-8-11-6-4-5-7-12(11)15;1-8(2)15-12-16-9(3)17-13(19-12)18-11-7-5-4-6-10(11)14;1-6-18-11(16)20-12(19-6)17-3-2-7-4-9(14)10(15)5-8(7)13;1-8-14-11(17-12(15-8)18(2)3)16-10-7-5-4-6-9(10)13;1-7-15-10(13)17-11(16-7)14-6-8-4-2-3-5-9(8)12/h6-9H,4-5H2,1-3H3,(H3,19,20,21,22,23);4-7,9-10H,8H2,1-3H3,(H3,16,17,18,19,20);4-9H,1-3H3,(H3,15,16,17,18,19);4-6H,2-3H2,1H3,(H4,16,17,18,19,20);4-8H,1-3H3,(H2,14,15,16,17);2-5,7H,6H2,1H3,(H4,13,14,15,16,17). The molecule has 12 rings (SSSR count). The van der Waals surface area contributed by atoms with Crippen LogP contribution < -0.4 is 91.2 Å². The first-order valence-electron chi connectivity index (χ1n) is 37.3. The van der Waals surface area contributed by atoms with Gasteiger partial charge in [-0.15, -0.1) is 0 Å². The van der Waals surface area contributed by atoms with Crippen molar-refractivity contribution in [2.24, 2.45) is 71.4 Å². The molecule has 6 aliphatic heterocycles. The van der Waals surface area contributed by atoms with E-state index in [0.717, 1.165) is 56.5 Å². The molecule has 6 unspecified atom stereocenters. The lowest BCUT2D eigenvalue weighted by Crippen LogP contribution is -2.55. The second-order valence-corrected chi connectivity index (χ2v) is 31.4. The number of anilines is 2. The first-order chi connectivity index (χ1) is 55.6. The number of nitrogens with two attached hydrogens (primary N) is 2. The molecule has 630 valence electrons. The third-order valence-corrected chi connectivity index (χ3v) is 19.1. The Morgan fingerprint density at radius 2 is 0.675 bits per heavy atom. The Bertz CT molecular complexity index is 4690. The van der Waals surface area contributed by atoms with Gasteiger partial charge in [-0.2, -0.15) is 0 Å². The number of hydrogen-bond acceptors (Lipinski definition) is 22. The molecule has 30 nitrogen and oxygen atoms in total. The average Bonchev–Trinajstić information content (AvgIpc) is 0.865. The van der Waals surface area contributed by atoms with E-state index in [1.165, 1.54) is 0 Å². The lowest BCUT2D eigenvalue weighted by Gasteiger charge is -2.25. The summed E-state index contributed by atoms with van der Waals surface area (Å²) in [6.07, 6.45) is 0.855. The number of hydrogen-bond donors (Lipinski definition) is 17. The molecule has 40 heteroatoms. The first-order valence-corrected chi connectivity index (χ1v) is 41.1. The van der Waals surface area contributed by atoms with Crippen molar-refractivity contribution in [3.63, 3.8) is 0 Å². The Balaban J connectivity index is 0.000000194. The zero-order valence-corrected chi connectivity index (χ0v) is 74.8. The molecule has 6 aliphatic rings. The molecule has 0 saturated heterocycles. The molecular weight excluding hydrogens is 1700 g/mol. The van der Waals surface area contributed by atoms with Crippen LogP contribution in [-0.2, 0) is 25.9 Å². The van der Waals surface area contributed by atoms with Crippen molar-refractivity contribution < 1.29 is 0 Å². The minimum absolute atomic E-state index is 0.0116. The van der Waals surface area contributed by atoms with Crippen molar-refractivity contribution in [3.05, 3.63) is 194 Å². The Morgan fingerprint density at radius 3 is 1.06 bits per heavy atom. The molecule has 19 N–H and O–H groups in total. The molecule has 6 heterocycles. The fraction of sp³-hybridized carbons (Fsp3) is 0.377. The number of halogens is 10. The van der Waals surface area contributed by atoms with Gasteiger partial charge in [0.1, 0.15) is 37.0 Å². The van der Waals surface area contributed by atoms with Gasteiger partial charge in [0.2, 0.25) is 17.9 Å². The second-order valence-electron chi connectivity index (χ2n) is 27.4. The monoisotopic (exact) mass is 1800 g/mol. The topological polar surface area (TPSA) is 384 Å². The largest absolute Gasteiger partial charge is 0.370 e. The van der Waals surface area contributed by atoms with Crippen LogP contribution >= 0.6 is 116 Å². The van der Waals surface area contributed by atoms with E-state index in [0.29, 0.717) is 156 Å². The predicted molar refractivity (Wildman–Crippen MR) is 495 cm³/mol. The summed E-state index contributed by atoms with van der Waals surface area (Å²) >= 11 is 60.5. The molecule has 6 aromatic rings. The van der Waals surface area contributed by atoms with Gasteiger partial charge in [-0.1, -0.05) is 177 Å². The summed E-state index contributed by atoms with van der Waals surface area (Å²) in [5.41, 5.74) is 16.6. The lowest BCUT2D eigenvalue weighted by molar-refractivity contribution is 0.582. The van der Waals surface area contributed by atoms with E-state index in [9.17, 15) is 0 Å². The van der Waals surface area contributed by atoms with E-state index in [1.807, 2.05) is 158 Å². The first kappa shape index (κ1) is 94.8. The van der Waals surface area contributed by atoms with Crippen LogP contribution in [0.2, 0.25) is 50.2 Å². The van der Waals surface area contributed by atoms with Crippen LogP contribution in [0.25, 0.3) is 0 Å². The summed E-state index contributed by atoms with van der Waals surface area (Å²) in [6.45, 7) is 26.1. The number of guanidine groups is 12. The van der Waals surface area contributed by atoms with Gasteiger partial charge in [0.15, 0.2) is 53.6 Å². The molecule has 0 saturated carbocycles. The Hall–Kier alpha value is -9.34. The van der Waals surface area contributed by atoms with Gasteiger partial charge in [-0.3, -0.25) is 41.9 Å². The maximum Gasteiger partial charge on any atom is 0.204 e. The van der Waals surface area contributed by atoms with Gasteiger partial charge < -0.3 is 64.2 Å². The van der Waals surface area contributed by atoms with Crippen LogP contribution in [0, 0.1) is 0 Å². The van der Waals surface area contributed by atoms with E-state index in [4.69, 9.17) is 127 Å². The summed E-state index contributed by atoms with van der Waals surface area (Å²) in [6, 6.07) is 38.1. The summed E-state index contributed by atoms with van der Waals surface area (Å²) in [7, 11) is 3.86. The van der Waals surface area contributed by atoms with Crippen LogP contribution in [0.15, 0.2) is 181 Å². The van der Waals surface area contributed by atoms with Crippen molar-refractivity contribution in [2.45, 2.75) is 164 Å². The predicted octanol–water partition coefficient (Wildman–Crippen LogP) is 13.4. The molecule has 0 radical (unpaired) electrons. The van der Waals surface area contributed by atoms with E-state index in [2.05, 4.69) is 181 Å². The highest BCUT2D eigenvalue weighted by molar-refractivity contribution is 6.44. The molecule has 0 aromatic heterocycles. The lowest BCUT2D eigenvalue weighted by atomic mass is 10.1. The number of nitrogens with zero attached hydrogens (tertiary/aromatic N) is 13. The summed E-state index contributed by atoms with van der Waals surface area (Å²) < 4.78 is 0. The van der Waals surface area contributed by atoms with Crippen LogP contribution in [0.1, 0.15) is 105 Å². The van der Waals surface area contributed by atoms with Crippen molar-refractivity contribution in [1.82, 2.24) is 74.0 Å².